The van der Waals surface area contributed by atoms with Gasteiger partial charge in [-0.05, 0) is 25.0 Å². The van der Waals surface area contributed by atoms with Crippen molar-refractivity contribution < 1.29 is 28.7 Å². The number of hydrogen-bond acceptors (Lipinski definition) is 5. The molecule has 6 nitrogen and oxygen atoms in total. The van der Waals surface area contributed by atoms with Gasteiger partial charge in [-0.25, -0.2) is 9.18 Å². The highest BCUT2D eigenvalue weighted by Gasteiger charge is 2.36. The molecule has 1 aromatic carbocycles. The van der Waals surface area contributed by atoms with E-state index in [1.807, 2.05) is 0 Å². The van der Waals surface area contributed by atoms with Crippen LogP contribution in [0.2, 0.25) is 0 Å². The van der Waals surface area contributed by atoms with Crippen LogP contribution in [0.5, 0.6) is 0 Å². The zero-order valence-electron chi connectivity index (χ0n) is 13.6. The molecule has 1 aliphatic heterocycles. The third-order valence-corrected chi connectivity index (χ3v) is 4.93. The van der Waals surface area contributed by atoms with E-state index in [4.69, 9.17) is 5.11 Å². The van der Waals surface area contributed by atoms with Crippen molar-refractivity contribution in [2.45, 2.75) is 37.5 Å². The number of carbonyl (C=O) groups is 4. The molecule has 0 saturated carbocycles. The topological polar surface area (TPSA) is 91.8 Å². The van der Waals surface area contributed by atoms with Crippen LogP contribution in [0.15, 0.2) is 24.3 Å². The standard InChI is InChI=1S/C17H18FNO5S/c1-10(20)25-14(16(22)11-4-2-5-12(18)8-11)9-15(21)19-7-3-6-13(19)17(23)24/h2,4-5,8,13-14H,3,6-7,9H2,1H3,(H,23,24)/t13-,14?/m0/s1. The highest BCUT2D eigenvalue weighted by molar-refractivity contribution is 8.14. The number of carboxylic acid groups (broad SMARTS) is 1. The van der Waals surface area contributed by atoms with Gasteiger partial charge in [0, 0.05) is 25.5 Å². The summed E-state index contributed by atoms with van der Waals surface area (Å²) in [5, 5.41) is 7.81. The Morgan fingerprint density at radius 1 is 1.36 bits per heavy atom. The van der Waals surface area contributed by atoms with E-state index in [2.05, 4.69) is 0 Å². The van der Waals surface area contributed by atoms with E-state index in [-0.39, 0.29) is 17.1 Å². The smallest absolute Gasteiger partial charge is 0.326 e. The summed E-state index contributed by atoms with van der Waals surface area (Å²) in [7, 11) is 0. The van der Waals surface area contributed by atoms with Crippen molar-refractivity contribution in [2.75, 3.05) is 6.54 Å². The highest BCUT2D eigenvalue weighted by atomic mass is 32.2. The molecule has 2 atom stereocenters. The summed E-state index contributed by atoms with van der Waals surface area (Å²) < 4.78 is 13.3. The SMILES string of the molecule is CC(=O)SC(CC(=O)N1CCC[C@H]1C(=O)O)C(=O)c1cccc(F)c1. The van der Waals surface area contributed by atoms with Gasteiger partial charge in [-0.1, -0.05) is 23.9 Å². The first-order chi connectivity index (χ1) is 11.8. The fraction of sp³-hybridized carbons (Fsp3) is 0.412. The van der Waals surface area contributed by atoms with Crippen LogP contribution in [0.1, 0.15) is 36.5 Å². The Bertz CT molecular complexity index is 708. The monoisotopic (exact) mass is 367 g/mol. The minimum atomic E-state index is -1.09. The van der Waals surface area contributed by atoms with Gasteiger partial charge in [-0.2, -0.15) is 0 Å². The third-order valence-electron chi connectivity index (χ3n) is 3.93. The molecule has 1 aliphatic rings. The molecule has 1 aromatic rings. The summed E-state index contributed by atoms with van der Waals surface area (Å²) in [5.41, 5.74) is 0.0720. The van der Waals surface area contributed by atoms with Gasteiger partial charge in [0.25, 0.3) is 0 Å². The number of Topliss-reactive ketones (excluding diaryl/α,β-unsaturated/α-hetero) is 1. The number of likely N-dealkylation sites (tertiary alicyclic amines) is 1. The highest BCUT2D eigenvalue weighted by Crippen LogP contribution is 2.25. The molecular weight excluding hydrogens is 349 g/mol. The molecule has 1 N–H and O–H groups in total. The molecule has 1 fully saturated rings. The molecule has 1 heterocycles. The Morgan fingerprint density at radius 3 is 2.68 bits per heavy atom. The van der Waals surface area contributed by atoms with Crippen LogP contribution >= 0.6 is 11.8 Å². The minimum absolute atomic E-state index is 0.0720. The van der Waals surface area contributed by atoms with Crippen molar-refractivity contribution in [1.29, 1.82) is 0 Å². The normalized spacial score (nSPS) is 18.0. The first-order valence-corrected chi connectivity index (χ1v) is 8.67. The lowest BCUT2D eigenvalue weighted by atomic mass is 10.1. The van der Waals surface area contributed by atoms with E-state index in [1.54, 1.807) is 0 Å². The van der Waals surface area contributed by atoms with Gasteiger partial charge < -0.3 is 10.0 Å². The summed E-state index contributed by atoms with van der Waals surface area (Å²) in [4.78, 5) is 48.9. The number of nitrogens with zero attached hydrogens (tertiary/aromatic N) is 1. The maximum atomic E-state index is 13.3. The lowest BCUT2D eigenvalue weighted by molar-refractivity contribution is -0.148. The van der Waals surface area contributed by atoms with E-state index in [1.165, 1.54) is 30.0 Å². The van der Waals surface area contributed by atoms with Crippen LogP contribution in [-0.4, -0.2) is 50.6 Å². The van der Waals surface area contributed by atoms with Gasteiger partial charge in [0.15, 0.2) is 10.9 Å². The van der Waals surface area contributed by atoms with Gasteiger partial charge in [0.1, 0.15) is 11.9 Å². The number of amides is 1. The predicted octanol–water partition coefficient (Wildman–Crippen LogP) is 2.12. The van der Waals surface area contributed by atoms with Gasteiger partial charge in [0.05, 0.1) is 5.25 Å². The fourth-order valence-electron chi connectivity index (χ4n) is 2.81. The molecule has 1 amide bonds. The molecule has 134 valence electrons. The van der Waals surface area contributed by atoms with Gasteiger partial charge >= 0.3 is 5.97 Å². The van der Waals surface area contributed by atoms with Crippen LogP contribution in [0.25, 0.3) is 0 Å². The second-order valence-corrected chi connectivity index (χ2v) is 7.14. The zero-order chi connectivity index (χ0) is 18.6. The van der Waals surface area contributed by atoms with Crippen LogP contribution in [0.3, 0.4) is 0 Å². The van der Waals surface area contributed by atoms with E-state index >= 15 is 0 Å². The summed E-state index contributed by atoms with van der Waals surface area (Å²) in [6.45, 7) is 1.58. The Kier molecular flexibility index (Phi) is 6.30. The number of carboxylic acids is 1. The number of rotatable bonds is 6. The number of aliphatic carboxylic acids is 1. The second-order valence-electron chi connectivity index (χ2n) is 5.76. The van der Waals surface area contributed by atoms with Crippen LogP contribution < -0.4 is 0 Å². The molecule has 0 aliphatic carbocycles. The number of benzene rings is 1. The molecule has 1 saturated heterocycles. The fourth-order valence-corrected chi connectivity index (χ4v) is 3.68. The number of halogens is 1. The lowest BCUT2D eigenvalue weighted by Gasteiger charge is -2.23. The molecule has 0 spiro atoms. The van der Waals surface area contributed by atoms with Crippen molar-refractivity contribution in [3.05, 3.63) is 35.6 Å². The maximum absolute atomic E-state index is 13.3. The summed E-state index contributed by atoms with van der Waals surface area (Å²) in [6, 6.07) is 4.13. The van der Waals surface area contributed by atoms with Crippen molar-refractivity contribution in [1.82, 2.24) is 4.90 Å². The van der Waals surface area contributed by atoms with Crippen molar-refractivity contribution in [3.63, 3.8) is 0 Å². The number of ketones is 1. The van der Waals surface area contributed by atoms with E-state index < -0.39 is 34.8 Å². The molecule has 8 heteroatoms. The maximum Gasteiger partial charge on any atom is 0.326 e. The number of thioether (sulfide) groups is 1. The van der Waals surface area contributed by atoms with Gasteiger partial charge in [-0.3, -0.25) is 14.4 Å². The van der Waals surface area contributed by atoms with Crippen LogP contribution in [-0.2, 0) is 14.4 Å². The Balaban J connectivity index is 2.17. The molecule has 2 rings (SSSR count). The predicted molar refractivity (Wildman–Crippen MR) is 89.8 cm³/mol. The largest absolute Gasteiger partial charge is 0.480 e. The Hall–Kier alpha value is -2.22. The van der Waals surface area contributed by atoms with E-state index in [9.17, 15) is 23.6 Å². The summed E-state index contributed by atoms with van der Waals surface area (Å²) in [5.74, 6) is -2.69. The quantitative estimate of drug-likeness (QED) is 0.775. The van der Waals surface area contributed by atoms with Crippen LogP contribution in [0.4, 0.5) is 4.39 Å². The number of carbonyl (C=O) groups excluding carboxylic acids is 3. The Labute approximate surface area is 148 Å². The van der Waals surface area contributed by atoms with E-state index in [0.29, 0.717) is 31.1 Å². The number of hydrogen-bond donors (Lipinski definition) is 1. The van der Waals surface area contributed by atoms with Crippen molar-refractivity contribution in [2.24, 2.45) is 0 Å². The molecule has 25 heavy (non-hydrogen) atoms. The van der Waals surface area contributed by atoms with Crippen molar-refractivity contribution in [3.8, 4) is 0 Å². The lowest BCUT2D eigenvalue weighted by Crippen LogP contribution is -2.42. The first kappa shape index (κ1) is 19.1. The minimum Gasteiger partial charge on any atom is -0.480 e. The average molecular weight is 367 g/mol. The molecular formula is C17H18FNO5S. The zero-order valence-corrected chi connectivity index (χ0v) is 14.4. The average Bonchev–Trinajstić information content (AvgIpc) is 3.03. The summed E-state index contributed by atoms with van der Waals surface area (Å²) >= 11 is 0.699. The van der Waals surface area contributed by atoms with Gasteiger partial charge in [0.2, 0.25) is 5.91 Å². The molecule has 1 unspecified atom stereocenters. The molecule has 0 radical (unpaired) electrons. The second kappa shape index (κ2) is 8.24. The van der Waals surface area contributed by atoms with Gasteiger partial charge in [-0.15, -0.1) is 0 Å². The Morgan fingerprint density at radius 2 is 2.08 bits per heavy atom. The first-order valence-electron chi connectivity index (χ1n) is 7.79. The summed E-state index contributed by atoms with van der Waals surface area (Å²) in [6.07, 6.45) is 0.637. The third kappa shape index (κ3) is 4.88. The van der Waals surface area contributed by atoms with E-state index in [0.717, 1.165) is 6.07 Å². The molecule has 0 bridgehead atoms. The molecule has 0 aromatic heterocycles. The van der Waals surface area contributed by atoms with Crippen molar-refractivity contribution >= 4 is 34.5 Å². The van der Waals surface area contributed by atoms with Crippen LogP contribution in [0, 0.1) is 5.82 Å².